The minimum absolute atomic E-state index is 0.391. The summed E-state index contributed by atoms with van der Waals surface area (Å²) in [6.45, 7) is 2.28. The molecule has 1 spiro atoms. The van der Waals surface area contributed by atoms with E-state index in [-0.39, 0.29) is 0 Å². The average molecular weight is 156 g/mol. The van der Waals surface area contributed by atoms with Gasteiger partial charge < -0.3 is 9.84 Å². The molecule has 2 rings (SSSR count). The van der Waals surface area contributed by atoms with Gasteiger partial charge in [0.1, 0.15) is 0 Å². The molecule has 2 aliphatic rings. The van der Waals surface area contributed by atoms with E-state index in [9.17, 15) is 0 Å². The maximum absolute atomic E-state index is 8.87. The van der Waals surface area contributed by atoms with Gasteiger partial charge in [-0.1, -0.05) is 0 Å². The van der Waals surface area contributed by atoms with Crippen LogP contribution in [0.5, 0.6) is 0 Å². The van der Waals surface area contributed by atoms with Crippen LogP contribution in [0.15, 0.2) is 0 Å². The first kappa shape index (κ1) is 7.56. The molecule has 0 atom stereocenters. The first-order valence-corrected chi connectivity index (χ1v) is 4.53. The Labute approximate surface area is 67.6 Å². The van der Waals surface area contributed by atoms with Gasteiger partial charge in [-0.25, -0.2) is 0 Å². The van der Waals surface area contributed by atoms with Crippen molar-refractivity contribution < 1.29 is 9.84 Å². The Kier molecular flexibility index (Phi) is 1.90. The van der Waals surface area contributed by atoms with Crippen molar-refractivity contribution in [1.29, 1.82) is 0 Å². The van der Waals surface area contributed by atoms with Gasteiger partial charge in [0, 0.05) is 19.8 Å². The predicted octanol–water partition coefficient (Wildman–Crippen LogP) is 1.19. The molecule has 2 fully saturated rings. The molecule has 11 heavy (non-hydrogen) atoms. The first-order valence-electron chi connectivity index (χ1n) is 4.53. The van der Waals surface area contributed by atoms with Gasteiger partial charge in [0.15, 0.2) is 0 Å². The zero-order chi connectivity index (χ0) is 7.73. The summed E-state index contributed by atoms with van der Waals surface area (Å²) in [7, 11) is 0. The molecule has 1 aliphatic heterocycles. The molecule has 1 saturated heterocycles. The van der Waals surface area contributed by atoms with Crippen molar-refractivity contribution in [3.63, 3.8) is 0 Å². The molecule has 2 nitrogen and oxygen atoms in total. The molecule has 2 heteroatoms. The summed E-state index contributed by atoms with van der Waals surface area (Å²) in [5, 5.41) is 8.87. The maximum Gasteiger partial charge on any atom is 0.0471 e. The van der Waals surface area contributed by atoms with Crippen LogP contribution < -0.4 is 0 Å². The summed E-state index contributed by atoms with van der Waals surface area (Å²) in [6.07, 6.45) is 4.94. The zero-order valence-corrected chi connectivity index (χ0v) is 6.88. The lowest BCUT2D eigenvalue weighted by Gasteiger charge is -2.49. The van der Waals surface area contributed by atoms with E-state index in [1.807, 2.05) is 0 Å². The Morgan fingerprint density at radius 1 is 1.27 bits per heavy atom. The third-order valence-corrected chi connectivity index (χ3v) is 3.26. The molecule has 0 radical (unpaired) electrons. The highest BCUT2D eigenvalue weighted by atomic mass is 16.5. The van der Waals surface area contributed by atoms with Crippen molar-refractivity contribution >= 4 is 0 Å². The highest BCUT2D eigenvalue weighted by molar-refractivity contribution is 4.94. The fourth-order valence-electron chi connectivity index (χ4n) is 2.51. The molecule has 1 aliphatic carbocycles. The van der Waals surface area contributed by atoms with Gasteiger partial charge in [-0.3, -0.25) is 0 Å². The molecule has 0 aromatic heterocycles. The van der Waals surface area contributed by atoms with Gasteiger partial charge in [0.25, 0.3) is 0 Å². The van der Waals surface area contributed by atoms with Crippen LogP contribution in [-0.2, 0) is 4.74 Å². The van der Waals surface area contributed by atoms with Crippen molar-refractivity contribution in [3.05, 3.63) is 0 Å². The highest BCUT2D eigenvalue weighted by Gasteiger charge is 2.44. The Bertz CT molecular complexity index is 130. The van der Waals surface area contributed by atoms with Crippen molar-refractivity contribution in [2.75, 3.05) is 19.8 Å². The Morgan fingerprint density at radius 2 is 1.91 bits per heavy atom. The van der Waals surface area contributed by atoms with Crippen LogP contribution in [0.2, 0.25) is 0 Å². The fourth-order valence-corrected chi connectivity index (χ4v) is 2.51. The molecular formula is C9H16O2. The Hall–Kier alpha value is -0.0800. The smallest absolute Gasteiger partial charge is 0.0471 e. The van der Waals surface area contributed by atoms with Crippen LogP contribution in [0, 0.1) is 11.3 Å². The summed E-state index contributed by atoms with van der Waals surface area (Å²) < 4.78 is 5.31. The van der Waals surface area contributed by atoms with Gasteiger partial charge in [-0.05, 0) is 37.0 Å². The molecule has 1 N–H and O–H groups in total. The summed E-state index contributed by atoms with van der Waals surface area (Å²) in [4.78, 5) is 0. The number of rotatable bonds is 1. The number of hydrogen-bond acceptors (Lipinski definition) is 2. The van der Waals surface area contributed by atoms with Crippen LogP contribution in [0.1, 0.15) is 25.7 Å². The van der Waals surface area contributed by atoms with Gasteiger partial charge in [-0.2, -0.15) is 0 Å². The molecule has 0 unspecified atom stereocenters. The summed E-state index contributed by atoms with van der Waals surface area (Å²) >= 11 is 0. The first-order chi connectivity index (χ1) is 5.35. The monoisotopic (exact) mass is 156 g/mol. The highest BCUT2D eigenvalue weighted by Crippen LogP contribution is 2.51. The minimum Gasteiger partial charge on any atom is -0.396 e. The molecule has 0 aromatic carbocycles. The van der Waals surface area contributed by atoms with Crippen molar-refractivity contribution in [2.45, 2.75) is 25.7 Å². The van der Waals surface area contributed by atoms with E-state index < -0.39 is 0 Å². The second-order valence-electron chi connectivity index (χ2n) is 4.07. The minimum atomic E-state index is 0.391. The van der Waals surface area contributed by atoms with Crippen LogP contribution in [-0.4, -0.2) is 24.9 Å². The van der Waals surface area contributed by atoms with E-state index in [2.05, 4.69) is 0 Å². The van der Waals surface area contributed by atoms with E-state index in [1.54, 1.807) is 0 Å². The van der Waals surface area contributed by atoms with Crippen LogP contribution in [0.25, 0.3) is 0 Å². The largest absolute Gasteiger partial charge is 0.396 e. The molecule has 64 valence electrons. The molecule has 0 bridgehead atoms. The summed E-state index contributed by atoms with van der Waals surface area (Å²) in [5.41, 5.74) is 0.589. The molecule has 0 aromatic rings. The lowest BCUT2D eigenvalue weighted by molar-refractivity contribution is -0.0711. The van der Waals surface area contributed by atoms with Gasteiger partial charge >= 0.3 is 0 Å². The second-order valence-corrected chi connectivity index (χ2v) is 4.07. The predicted molar refractivity (Wildman–Crippen MR) is 42.3 cm³/mol. The van der Waals surface area contributed by atoms with E-state index in [1.165, 1.54) is 25.7 Å². The normalized spacial score (nSPS) is 30.3. The lowest BCUT2D eigenvalue weighted by Crippen LogP contribution is -2.42. The quantitative estimate of drug-likeness (QED) is 0.618. The van der Waals surface area contributed by atoms with Crippen molar-refractivity contribution in [2.24, 2.45) is 11.3 Å². The number of ether oxygens (including phenoxy) is 1. The van der Waals surface area contributed by atoms with E-state index in [4.69, 9.17) is 9.84 Å². The third kappa shape index (κ3) is 1.30. The summed E-state index contributed by atoms with van der Waals surface area (Å²) in [6, 6.07) is 0. The SMILES string of the molecule is OCC1CC2(CCOCC2)C1. The van der Waals surface area contributed by atoms with Crippen molar-refractivity contribution in [3.8, 4) is 0 Å². The Morgan fingerprint density at radius 3 is 2.45 bits per heavy atom. The van der Waals surface area contributed by atoms with Gasteiger partial charge in [0.05, 0.1) is 0 Å². The van der Waals surface area contributed by atoms with Crippen LogP contribution in [0.3, 0.4) is 0 Å². The Balaban J connectivity index is 1.84. The average Bonchev–Trinajstić information content (AvgIpc) is 2.01. The van der Waals surface area contributed by atoms with Crippen molar-refractivity contribution in [1.82, 2.24) is 0 Å². The van der Waals surface area contributed by atoms with E-state index in [0.717, 1.165) is 13.2 Å². The summed E-state index contributed by atoms with van der Waals surface area (Å²) in [5.74, 6) is 0.605. The topological polar surface area (TPSA) is 29.5 Å². The number of hydrogen-bond donors (Lipinski definition) is 1. The van der Waals surface area contributed by atoms with Crippen LogP contribution >= 0.6 is 0 Å². The van der Waals surface area contributed by atoms with E-state index in [0.29, 0.717) is 17.9 Å². The van der Waals surface area contributed by atoms with E-state index >= 15 is 0 Å². The lowest BCUT2D eigenvalue weighted by atomic mass is 9.58. The van der Waals surface area contributed by atoms with Gasteiger partial charge in [0.2, 0.25) is 0 Å². The molecule has 1 saturated carbocycles. The number of aliphatic hydroxyl groups is 1. The number of aliphatic hydroxyl groups excluding tert-OH is 1. The fraction of sp³-hybridized carbons (Fsp3) is 1.00. The third-order valence-electron chi connectivity index (χ3n) is 3.26. The molecular weight excluding hydrogens is 140 g/mol. The second kappa shape index (κ2) is 2.76. The van der Waals surface area contributed by atoms with Gasteiger partial charge in [-0.15, -0.1) is 0 Å². The van der Waals surface area contributed by atoms with Crippen LogP contribution in [0.4, 0.5) is 0 Å². The molecule has 0 amide bonds. The molecule has 1 heterocycles. The zero-order valence-electron chi connectivity index (χ0n) is 6.88. The standard InChI is InChI=1S/C9H16O2/c10-7-8-5-9(6-8)1-3-11-4-2-9/h8,10H,1-7H2. The maximum atomic E-state index is 8.87.